The summed E-state index contributed by atoms with van der Waals surface area (Å²) in [6, 6.07) is 0. The van der Waals surface area contributed by atoms with E-state index in [-0.39, 0.29) is 0 Å². The van der Waals surface area contributed by atoms with Gasteiger partial charge in [-0.1, -0.05) is 0 Å². The maximum absolute atomic E-state index is 12.0. The van der Waals surface area contributed by atoms with Gasteiger partial charge in [0.2, 0.25) is 6.36 Å². The highest BCUT2D eigenvalue weighted by Crippen LogP contribution is 2.08. The smallest absolute Gasteiger partial charge is 0.225 e. The molecule has 7 heteroatoms. The van der Waals surface area contributed by atoms with Crippen molar-refractivity contribution in [3.8, 4) is 0 Å². The Balaban J connectivity index is 4.15. The minimum Gasteiger partial charge on any atom is -0.394 e. The van der Waals surface area contributed by atoms with Crippen LogP contribution >= 0.6 is 0 Å². The molecule has 1 unspecified atom stereocenters. The average Bonchev–Trinajstić information content (AvgIpc) is 2.12. The third kappa shape index (κ3) is 3.51. The number of hydrogen-bond acceptors (Lipinski definition) is 6. The van der Waals surface area contributed by atoms with Gasteiger partial charge in [0.1, 0.15) is 24.4 Å². The molecule has 6 N–H and O–H groups in total. The first-order chi connectivity index (χ1) is 5.91. The molecule has 0 radical (unpaired) electrons. The van der Waals surface area contributed by atoms with Crippen LogP contribution in [0.15, 0.2) is 0 Å². The van der Waals surface area contributed by atoms with Crippen molar-refractivity contribution >= 4 is 0 Å². The molecule has 0 aliphatic carbocycles. The van der Waals surface area contributed by atoms with Gasteiger partial charge >= 0.3 is 0 Å². The van der Waals surface area contributed by atoms with Gasteiger partial charge < -0.3 is 30.6 Å². The summed E-state index contributed by atoms with van der Waals surface area (Å²) in [5.41, 5.74) is 0. The second kappa shape index (κ2) is 5.43. The second-order valence-electron chi connectivity index (χ2n) is 2.59. The summed E-state index contributed by atoms with van der Waals surface area (Å²) in [6.45, 7) is -0.854. The molecule has 0 rings (SSSR count). The van der Waals surface area contributed by atoms with Crippen molar-refractivity contribution in [1.82, 2.24) is 0 Å². The van der Waals surface area contributed by atoms with Crippen LogP contribution in [-0.2, 0) is 0 Å². The van der Waals surface area contributed by atoms with E-state index in [0.29, 0.717) is 0 Å². The summed E-state index contributed by atoms with van der Waals surface area (Å²) in [5.74, 6) is 0. The first-order valence-corrected chi connectivity index (χ1v) is 3.57. The van der Waals surface area contributed by atoms with Crippen molar-refractivity contribution in [2.45, 2.75) is 30.8 Å². The predicted molar refractivity (Wildman–Crippen MR) is 38.2 cm³/mol. The zero-order chi connectivity index (χ0) is 10.6. The van der Waals surface area contributed by atoms with E-state index in [1.54, 1.807) is 0 Å². The molecule has 13 heavy (non-hydrogen) atoms. The fourth-order valence-electron chi connectivity index (χ4n) is 0.700. The van der Waals surface area contributed by atoms with Crippen LogP contribution in [0.4, 0.5) is 4.39 Å². The van der Waals surface area contributed by atoms with Gasteiger partial charge in [0, 0.05) is 0 Å². The summed E-state index contributed by atoms with van der Waals surface area (Å²) in [4.78, 5) is 0. The summed E-state index contributed by atoms with van der Waals surface area (Å²) >= 11 is 0. The fraction of sp³-hybridized carbons (Fsp3) is 1.00. The number of rotatable bonds is 5. The Kier molecular flexibility index (Phi) is 5.30. The van der Waals surface area contributed by atoms with E-state index >= 15 is 0 Å². The Bertz CT molecular complexity index is 143. The number of hydrogen-bond donors (Lipinski definition) is 6. The lowest BCUT2D eigenvalue weighted by Gasteiger charge is -2.25. The molecule has 0 aromatic rings. The molecule has 0 spiro atoms. The molecular formula is C6H13FO6. The Hall–Kier alpha value is -0.310. The maximum Gasteiger partial charge on any atom is 0.225 e. The van der Waals surface area contributed by atoms with Crippen molar-refractivity contribution < 1.29 is 35.0 Å². The number of alkyl halides is 1. The van der Waals surface area contributed by atoms with E-state index in [0.717, 1.165) is 0 Å². The zero-order valence-corrected chi connectivity index (χ0v) is 6.66. The van der Waals surface area contributed by atoms with Gasteiger partial charge in [-0.3, -0.25) is 0 Å². The Labute approximate surface area is 73.5 Å². The molecule has 0 aliphatic rings. The fourth-order valence-corrected chi connectivity index (χ4v) is 0.700. The van der Waals surface area contributed by atoms with Gasteiger partial charge in [0.25, 0.3) is 0 Å². The maximum atomic E-state index is 12.0. The molecular weight excluding hydrogens is 187 g/mol. The van der Waals surface area contributed by atoms with Crippen LogP contribution in [0.2, 0.25) is 0 Å². The Morgan fingerprint density at radius 2 is 1.31 bits per heavy atom. The van der Waals surface area contributed by atoms with Crippen LogP contribution in [0.3, 0.4) is 0 Å². The summed E-state index contributed by atoms with van der Waals surface area (Å²) < 4.78 is 12.0. The molecule has 0 amide bonds. The van der Waals surface area contributed by atoms with Gasteiger partial charge in [-0.15, -0.1) is 0 Å². The zero-order valence-electron chi connectivity index (χ0n) is 6.66. The molecule has 5 atom stereocenters. The Morgan fingerprint density at radius 3 is 1.62 bits per heavy atom. The van der Waals surface area contributed by atoms with Crippen LogP contribution in [0.5, 0.6) is 0 Å². The summed E-state index contributed by atoms with van der Waals surface area (Å²) in [6.07, 6.45) is -10.7. The molecule has 0 bridgehead atoms. The van der Waals surface area contributed by atoms with E-state index in [9.17, 15) is 4.39 Å². The molecule has 0 aliphatic heterocycles. The van der Waals surface area contributed by atoms with Crippen LogP contribution in [0, 0.1) is 0 Å². The molecule has 0 saturated heterocycles. The largest absolute Gasteiger partial charge is 0.394 e. The molecule has 0 fully saturated rings. The number of aliphatic hydroxyl groups is 6. The van der Waals surface area contributed by atoms with E-state index in [4.69, 9.17) is 30.6 Å². The lowest BCUT2D eigenvalue weighted by Crippen LogP contribution is -2.49. The van der Waals surface area contributed by atoms with Crippen molar-refractivity contribution in [3.63, 3.8) is 0 Å². The van der Waals surface area contributed by atoms with Crippen molar-refractivity contribution in [1.29, 1.82) is 0 Å². The quantitative estimate of drug-likeness (QED) is 0.276. The first-order valence-electron chi connectivity index (χ1n) is 3.57. The third-order valence-corrected chi connectivity index (χ3v) is 1.56. The molecule has 6 nitrogen and oxygen atoms in total. The van der Waals surface area contributed by atoms with Crippen molar-refractivity contribution in [3.05, 3.63) is 0 Å². The highest BCUT2D eigenvalue weighted by Gasteiger charge is 2.33. The minimum atomic E-state index is -2.73. The molecule has 0 aromatic carbocycles. The molecule has 0 saturated carbocycles. The number of aliphatic hydroxyl groups excluding tert-OH is 6. The standard InChI is InChI=1S/C6H13FO6/c7-6(13)5(12)4(11)3(10)2(9)1-8/h2-6,8-13H,1H2/t2-,3-,4-,5+,6?/m0/s1. The average molecular weight is 200 g/mol. The second-order valence-corrected chi connectivity index (χ2v) is 2.59. The first kappa shape index (κ1) is 12.7. The van der Waals surface area contributed by atoms with Crippen molar-refractivity contribution in [2.75, 3.05) is 6.61 Å². The molecule has 80 valence electrons. The lowest BCUT2D eigenvalue weighted by atomic mass is 10.0. The van der Waals surface area contributed by atoms with E-state index < -0.39 is 37.4 Å². The van der Waals surface area contributed by atoms with Gasteiger partial charge in [-0.25, -0.2) is 4.39 Å². The molecule has 0 aromatic heterocycles. The monoisotopic (exact) mass is 200 g/mol. The highest BCUT2D eigenvalue weighted by molar-refractivity contribution is 4.81. The summed E-state index contributed by atoms with van der Waals surface area (Å²) in [5, 5.41) is 51.7. The van der Waals surface area contributed by atoms with E-state index in [1.807, 2.05) is 0 Å². The summed E-state index contributed by atoms with van der Waals surface area (Å²) in [7, 11) is 0. The van der Waals surface area contributed by atoms with Gasteiger partial charge in [-0.05, 0) is 0 Å². The lowest BCUT2D eigenvalue weighted by molar-refractivity contribution is -0.165. The van der Waals surface area contributed by atoms with Gasteiger partial charge in [0.15, 0.2) is 0 Å². The normalized spacial score (nSPS) is 23.3. The van der Waals surface area contributed by atoms with Crippen LogP contribution < -0.4 is 0 Å². The van der Waals surface area contributed by atoms with Crippen LogP contribution in [0.1, 0.15) is 0 Å². The van der Waals surface area contributed by atoms with Crippen LogP contribution in [0.25, 0.3) is 0 Å². The SMILES string of the molecule is OC[C@H](O)[C@H](O)[C@H](O)[C@@H](O)C(O)F. The highest BCUT2D eigenvalue weighted by atomic mass is 19.1. The number of halogens is 1. The van der Waals surface area contributed by atoms with E-state index in [1.165, 1.54) is 0 Å². The van der Waals surface area contributed by atoms with Crippen molar-refractivity contribution in [2.24, 2.45) is 0 Å². The van der Waals surface area contributed by atoms with E-state index in [2.05, 4.69) is 0 Å². The third-order valence-electron chi connectivity index (χ3n) is 1.56. The van der Waals surface area contributed by atoms with Crippen LogP contribution in [-0.4, -0.2) is 68.0 Å². The van der Waals surface area contributed by atoms with Gasteiger partial charge in [-0.2, -0.15) is 0 Å². The minimum absolute atomic E-state index is 0.854. The topological polar surface area (TPSA) is 121 Å². The Morgan fingerprint density at radius 1 is 0.846 bits per heavy atom. The van der Waals surface area contributed by atoms with Gasteiger partial charge in [0.05, 0.1) is 6.61 Å². The predicted octanol–water partition coefficient (Wildman–Crippen LogP) is -3.29. The molecule has 0 heterocycles.